The van der Waals surface area contributed by atoms with Crippen LogP contribution >= 0.6 is 12.4 Å². The number of imide groups is 1. The molecule has 0 bridgehead atoms. The first-order valence-corrected chi connectivity index (χ1v) is 10.9. The summed E-state index contributed by atoms with van der Waals surface area (Å²) in [6.45, 7) is 0.541. The van der Waals surface area contributed by atoms with E-state index in [2.05, 4.69) is 26.6 Å². The normalized spacial score (nSPS) is 10.6. The Morgan fingerprint density at radius 1 is 0.947 bits per heavy atom. The van der Waals surface area contributed by atoms with E-state index >= 15 is 0 Å². The van der Waals surface area contributed by atoms with Crippen molar-refractivity contribution in [2.24, 2.45) is 5.73 Å². The van der Waals surface area contributed by atoms with Gasteiger partial charge in [-0.2, -0.15) is 0 Å². The Kier molecular flexibility index (Phi) is 12.7. The Hall–Kier alpha value is -4.69. The summed E-state index contributed by atoms with van der Waals surface area (Å²) in [4.78, 5) is 60.3. The molecule has 0 aliphatic carbocycles. The van der Waals surface area contributed by atoms with Gasteiger partial charge in [0, 0.05) is 16.9 Å². The van der Waals surface area contributed by atoms with E-state index in [1.54, 1.807) is 6.92 Å². The van der Waals surface area contributed by atoms with Crippen LogP contribution in [0.2, 0.25) is 0 Å². The summed E-state index contributed by atoms with van der Waals surface area (Å²) in [5.41, 5.74) is 6.44. The second kappa shape index (κ2) is 15.4. The molecule has 0 spiro atoms. The number of halogens is 1. The van der Waals surface area contributed by atoms with Crippen molar-refractivity contribution in [1.82, 2.24) is 16.0 Å². The molecular weight excluding hydrogens is 522 g/mol. The number of anilines is 2. The third kappa shape index (κ3) is 10.1. The van der Waals surface area contributed by atoms with Crippen molar-refractivity contribution in [2.45, 2.75) is 13.0 Å². The Labute approximate surface area is 223 Å². The molecule has 0 heterocycles. The predicted octanol–water partition coefficient (Wildman–Crippen LogP) is 0.146. The lowest BCUT2D eigenvalue weighted by molar-refractivity contribution is -0.127. The molecule has 15 heteroatoms. The molecule has 0 unspecified atom stereocenters. The van der Waals surface area contributed by atoms with Gasteiger partial charge in [-0.25, -0.2) is 9.59 Å². The van der Waals surface area contributed by atoms with Gasteiger partial charge in [-0.1, -0.05) is 0 Å². The molecule has 0 fully saturated rings. The first kappa shape index (κ1) is 31.3. The number of rotatable bonds is 10. The Morgan fingerprint density at radius 2 is 1.50 bits per heavy atom. The van der Waals surface area contributed by atoms with Crippen molar-refractivity contribution in [3.05, 3.63) is 59.7 Å². The largest absolute Gasteiger partial charge is 0.462 e. The number of nitrogens with one attached hydrogen (secondary N) is 6. The zero-order chi connectivity index (χ0) is 27.4. The van der Waals surface area contributed by atoms with Crippen molar-refractivity contribution in [3.8, 4) is 0 Å². The third-order valence-corrected chi connectivity index (χ3v) is 4.56. The molecule has 38 heavy (non-hydrogen) atoms. The molecule has 0 aliphatic rings. The number of carbonyl (C=O) groups is 5. The lowest BCUT2D eigenvalue weighted by Gasteiger charge is -2.16. The van der Waals surface area contributed by atoms with Crippen molar-refractivity contribution in [2.75, 3.05) is 30.4 Å². The van der Waals surface area contributed by atoms with Gasteiger partial charge in [-0.3, -0.25) is 25.1 Å². The first-order valence-electron chi connectivity index (χ1n) is 10.9. The molecule has 1 atom stereocenters. The highest BCUT2D eigenvalue weighted by atomic mass is 35.5. The van der Waals surface area contributed by atoms with Gasteiger partial charge in [0.15, 0.2) is 5.96 Å². The van der Waals surface area contributed by atoms with Crippen molar-refractivity contribution in [1.29, 1.82) is 5.41 Å². The van der Waals surface area contributed by atoms with E-state index in [1.807, 2.05) is 0 Å². The highest BCUT2D eigenvalue weighted by Gasteiger charge is 2.21. The quantitative estimate of drug-likeness (QED) is 0.114. The monoisotopic (exact) mass is 549 g/mol. The lowest BCUT2D eigenvalue weighted by Crippen LogP contribution is -2.52. The van der Waals surface area contributed by atoms with Crippen LogP contribution in [0.1, 0.15) is 27.6 Å². The topological polar surface area (TPSA) is 225 Å². The van der Waals surface area contributed by atoms with E-state index in [-0.39, 0.29) is 30.5 Å². The van der Waals surface area contributed by atoms with Crippen LogP contribution in [-0.2, 0) is 14.3 Å². The first-order chi connectivity index (χ1) is 17.6. The molecule has 0 radical (unpaired) electrons. The summed E-state index contributed by atoms with van der Waals surface area (Å²) in [5, 5.41) is 28.2. The maximum Gasteiger partial charge on any atom is 0.338 e. The number of hydrogen-bond acceptors (Lipinski definition) is 8. The molecular formula is C23H28ClN7O7. The zero-order valence-corrected chi connectivity index (χ0v) is 21.0. The summed E-state index contributed by atoms with van der Waals surface area (Å²) < 4.78 is 4.87. The average Bonchev–Trinajstić information content (AvgIpc) is 2.86. The van der Waals surface area contributed by atoms with Crippen LogP contribution < -0.4 is 32.3 Å². The van der Waals surface area contributed by atoms with E-state index in [0.717, 1.165) is 0 Å². The SMILES string of the molecule is CCOC(=O)c1ccc(NC(=O)N[C@@H](CO)C(=O)NCC(=O)NC(=O)c2ccc(NC(=N)N)cc2)cc1.Cl. The van der Waals surface area contributed by atoms with Gasteiger partial charge in [-0.15, -0.1) is 12.4 Å². The number of ether oxygens (including phenoxy) is 1. The summed E-state index contributed by atoms with van der Waals surface area (Å²) in [5.74, 6) is -3.20. The van der Waals surface area contributed by atoms with Gasteiger partial charge in [0.05, 0.1) is 25.3 Å². The molecule has 9 N–H and O–H groups in total. The number of carbonyl (C=O) groups excluding carboxylic acids is 5. The standard InChI is InChI=1S/C23H27N7O7.ClH/c1-2-37-21(35)14-5-9-16(10-6-14)28-23(36)29-17(12-31)20(34)26-11-18(32)30-19(33)13-3-7-15(8-4-13)27-22(24)25;/h3-10,17,31H,2,11-12H2,1H3,(H,26,34)(H4,24,25,27)(H2,28,29,36)(H,30,32,33);1H/t17-;/m0./s1. The van der Waals surface area contributed by atoms with Crippen LogP contribution in [0, 0.1) is 5.41 Å². The molecule has 0 saturated heterocycles. The number of hydrogen-bond donors (Lipinski definition) is 8. The molecule has 5 amide bonds. The van der Waals surface area contributed by atoms with Crippen molar-refractivity contribution < 1.29 is 33.8 Å². The molecule has 204 valence electrons. The van der Waals surface area contributed by atoms with Gasteiger partial charge in [0.25, 0.3) is 5.91 Å². The van der Waals surface area contributed by atoms with Crippen molar-refractivity contribution >= 4 is 59.5 Å². The number of urea groups is 1. The predicted molar refractivity (Wildman–Crippen MR) is 140 cm³/mol. The molecule has 0 aliphatic heterocycles. The molecule has 14 nitrogen and oxygen atoms in total. The van der Waals surface area contributed by atoms with E-state index in [4.69, 9.17) is 15.9 Å². The number of guanidine groups is 1. The van der Waals surface area contributed by atoms with Crippen LogP contribution in [0.15, 0.2) is 48.5 Å². The molecule has 2 aromatic rings. The van der Waals surface area contributed by atoms with Crippen LogP contribution in [0.3, 0.4) is 0 Å². The number of esters is 1. The summed E-state index contributed by atoms with van der Waals surface area (Å²) in [6, 6.07) is 9.37. The number of aliphatic hydroxyl groups excluding tert-OH is 1. The number of benzene rings is 2. The van der Waals surface area contributed by atoms with Gasteiger partial charge >= 0.3 is 12.0 Å². The van der Waals surface area contributed by atoms with E-state index in [0.29, 0.717) is 16.9 Å². The zero-order valence-electron chi connectivity index (χ0n) is 20.2. The van der Waals surface area contributed by atoms with Crippen molar-refractivity contribution in [3.63, 3.8) is 0 Å². The molecule has 0 aromatic heterocycles. The van der Waals surface area contributed by atoms with E-state index in [1.165, 1.54) is 48.5 Å². The van der Waals surface area contributed by atoms with Gasteiger partial charge < -0.3 is 36.8 Å². The smallest absolute Gasteiger partial charge is 0.338 e. The van der Waals surface area contributed by atoms with Crippen LogP contribution in [0.4, 0.5) is 16.2 Å². The highest BCUT2D eigenvalue weighted by Crippen LogP contribution is 2.11. The Balaban J connectivity index is 0.00000722. The minimum Gasteiger partial charge on any atom is -0.462 e. The van der Waals surface area contributed by atoms with Gasteiger partial charge in [0.1, 0.15) is 6.04 Å². The third-order valence-electron chi connectivity index (χ3n) is 4.56. The number of nitrogens with two attached hydrogens (primary N) is 1. The maximum atomic E-state index is 12.3. The second-order valence-corrected chi connectivity index (χ2v) is 7.34. The minimum absolute atomic E-state index is 0. The van der Waals surface area contributed by atoms with Crippen LogP contribution in [0.25, 0.3) is 0 Å². The number of amides is 5. The maximum absolute atomic E-state index is 12.3. The molecule has 0 saturated carbocycles. The Morgan fingerprint density at radius 3 is 2.03 bits per heavy atom. The fourth-order valence-corrected chi connectivity index (χ4v) is 2.82. The molecule has 2 rings (SSSR count). The van der Waals surface area contributed by atoms with E-state index in [9.17, 15) is 29.1 Å². The lowest BCUT2D eigenvalue weighted by atomic mass is 10.2. The van der Waals surface area contributed by atoms with Crippen LogP contribution in [-0.4, -0.2) is 66.6 Å². The Bertz CT molecular complexity index is 1160. The van der Waals surface area contributed by atoms with Gasteiger partial charge in [0.2, 0.25) is 11.8 Å². The second-order valence-electron chi connectivity index (χ2n) is 7.34. The number of aliphatic hydroxyl groups is 1. The molecule has 2 aromatic carbocycles. The fourth-order valence-electron chi connectivity index (χ4n) is 2.82. The average molecular weight is 550 g/mol. The van der Waals surface area contributed by atoms with E-state index < -0.39 is 48.9 Å². The summed E-state index contributed by atoms with van der Waals surface area (Å²) >= 11 is 0. The fraction of sp³-hybridized carbons (Fsp3) is 0.217. The summed E-state index contributed by atoms with van der Waals surface area (Å²) in [7, 11) is 0. The van der Waals surface area contributed by atoms with Gasteiger partial charge in [-0.05, 0) is 55.5 Å². The minimum atomic E-state index is -1.39. The van der Waals surface area contributed by atoms with Crippen LogP contribution in [0.5, 0.6) is 0 Å². The summed E-state index contributed by atoms with van der Waals surface area (Å²) in [6.07, 6.45) is 0. The highest BCUT2D eigenvalue weighted by molar-refractivity contribution is 6.06.